The Morgan fingerprint density at radius 1 is 1.05 bits per heavy atom. The molecule has 0 saturated carbocycles. The zero-order valence-electron chi connectivity index (χ0n) is 10.9. The summed E-state index contributed by atoms with van der Waals surface area (Å²) < 4.78 is 0. The molecule has 100 valence electrons. The van der Waals surface area contributed by atoms with E-state index in [4.69, 9.17) is 11.6 Å². The van der Waals surface area contributed by atoms with Crippen LogP contribution in [0.3, 0.4) is 0 Å². The van der Waals surface area contributed by atoms with Gasteiger partial charge in [0.25, 0.3) is 0 Å². The van der Waals surface area contributed by atoms with Crippen molar-refractivity contribution in [2.75, 3.05) is 0 Å². The summed E-state index contributed by atoms with van der Waals surface area (Å²) in [6.07, 6.45) is 0. The number of halogens is 1. The Hall–Kier alpha value is -2.26. The summed E-state index contributed by atoms with van der Waals surface area (Å²) in [7, 11) is 0. The van der Waals surface area contributed by atoms with Gasteiger partial charge in [0, 0.05) is 16.1 Å². The van der Waals surface area contributed by atoms with Crippen LogP contribution in [-0.2, 0) is 0 Å². The Kier molecular flexibility index (Phi) is 3.20. The van der Waals surface area contributed by atoms with Crippen LogP contribution in [0.1, 0.15) is 5.56 Å². The zero-order chi connectivity index (χ0) is 14.1. The van der Waals surface area contributed by atoms with E-state index in [1.54, 1.807) is 6.07 Å². The van der Waals surface area contributed by atoms with Crippen molar-refractivity contribution >= 4 is 11.6 Å². The molecule has 0 saturated heterocycles. The molecule has 0 radical (unpaired) electrons. The molecule has 2 aromatic carbocycles. The van der Waals surface area contributed by atoms with Crippen molar-refractivity contribution in [3.05, 3.63) is 59.1 Å². The quantitative estimate of drug-likeness (QED) is 0.732. The van der Waals surface area contributed by atoms with E-state index in [9.17, 15) is 5.11 Å². The van der Waals surface area contributed by atoms with Gasteiger partial charge in [0.05, 0.1) is 11.4 Å². The lowest BCUT2D eigenvalue weighted by Crippen LogP contribution is -1.81. The van der Waals surface area contributed by atoms with Crippen LogP contribution in [-0.4, -0.2) is 15.3 Å². The molecule has 1 heterocycles. The van der Waals surface area contributed by atoms with Gasteiger partial charge in [-0.2, -0.15) is 5.10 Å². The molecule has 2 N–H and O–H groups in total. The van der Waals surface area contributed by atoms with Gasteiger partial charge in [0.2, 0.25) is 0 Å². The van der Waals surface area contributed by atoms with Crippen molar-refractivity contribution in [1.29, 1.82) is 0 Å². The topological polar surface area (TPSA) is 48.9 Å². The fraction of sp³-hybridized carbons (Fsp3) is 0.0625. The first-order valence-corrected chi connectivity index (χ1v) is 6.63. The largest absolute Gasteiger partial charge is 0.507 e. The minimum Gasteiger partial charge on any atom is -0.507 e. The summed E-state index contributed by atoms with van der Waals surface area (Å²) in [5.41, 5.74) is 4.19. The van der Waals surface area contributed by atoms with Crippen molar-refractivity contribution < 1.29 is 5.11 Å². The number of aromatic amines is 1. The van der Waals surface area contributed by atoms with Crippen molar-refractivity contribution in [1.82, 2.24) is 10.2 Å². The van der Waals surface area contributed by atoms with Gasteiger partial charge in [-0.05, 0) is 31.2 Å². The normalized spacial score (nSPS) is 10.7. The number of nitrogens with zero attached hydrogens (tertiary/aromatic N) is 1. The molecule has 3 rings (SSSR count). The lowest BCUT2D eigenvalue weighted by atomic mass is 10.1. The molecular weight excluding hydrogens is 272 g/mol. The molecule has 3 aromatic rings. The summed E-state index contributed by atoms with van der Waals surface area (Å²) >= 11 is 6.17. The number of rotatable bonds is 2. The van der Waals surface area contributed by atoms with Gasteiger partial charge in [-0.3, -0.25) is 5.10 Å². The second kappa shape index (κ2) is 5.02. The predicted octanol–water partition coefficient (Wildman–Crippen LogP) is 4.41. The number of aromatic nitrogens is 2. The predicted molar refractivity (Wildman–Crippen MR) is 80.9 cm³/mol. The van der Waals surface area contributed by atoms with Crippen molar-refractivity contribution in [3.8, 4) is 28.3 Å². The van der Waals surface area contributed by atoms with E-state index in [-0.39, 0.29) is 5.75 Å². The SMILES string of the molecule is Cc1ccc(O)c(-c2cc(-c3ccccc3Cl)[nH]n2)c1. The van der Waals surface area contributed by atoms with Gasteiger partial charge in [-0.1, -0.05) is 41.4 Å². The Morgan fingerprint density at radius 3 is 2.65 bits per heavy atom. The summed E-state index contributed by atoms with van der Waals surface area (Å²) in [4.78, 5) is 0. The van der Waals surface area contributed by atoms with Gasteiger partial charge >= 0.3 is 0 Å². The summed E-state index contributed by atoms with van der Waals surface area (Å²) in [6, 6.07) is 14.9. The second-order valence-corrected chi connectivity index (χ2v) is 5.07. The molecular formula is C16H13ClN2O. The van der Waals surface area contributed by atoms with E-state index in [0.717, 1.165) is 16.8 Å². The van der Waals surface area contributed by atoms with Crippen molar-refractivity contribution in [3.63, 3.8) is 0 Å². The van der Waals surface area contributed by atoms with E-state index in [0.29, 0.717) is 16.3 Å². The number of hydrogen-bond donors (Lipinski definition) is 2. The highest BCUT2D eigenvalue weighted by Crippen LogP contribution is 2.32. The standard InChI is InChI=1S/C16H13ClN2O/c1-10-6-7-16(20)12(8-10)15-9-14(18-19-15)11-4-2-3-5-13(11)17/h2-9,20H,1H3,(H,18,19). The average molecular weight is 285 g/mol. The fourth-order valence-electron chi connectivity index (χ4n) is 2.13. The third-order valence-electron chi connectivity index (χ3n) is 3.17. The maximum atomic E-state index is 9.94. The van der Waals surface area contributed by atoms with Gasteiger partial charge in [-0.15, -0.1) is 0 Å². The van der Waals surface area contributed by atoms with Crippen LogP contribution in [0.15, 0.2) is 48.5 Å². The molecule has 0 spiro atoms. The Morgan fingerprint density at radius 2 is 1.85 bits per heavy atom. The third kappa shape index (κ3) is 2.28. The van der Waals surface area contributed by atoms with Crippen LogP contribution in [0.2, 0.25) is 5.02 Å². The molecule has 0 amide bonds. The first kappa shape index (κ1) is 12.8. The number of hydrogen-bond acceptors (Lipinski definition) is 2. The second-order valence-electron chi connectivity index (χ2n) is 4.67. The van der Waals surface area contributed by atoms with E-state index in [1.165, 1.54) is 0 Å². The Labute approximate surface area is 121 Å². The maximum Gasteiger partial charge on any atom is 0.125 e. The molecule has 1 aromatic heterocycles. The van der Waals surface area contributed by atoms with Gasteiger partial charge in [0.15, 0.2) is 0 Å². The monoisotopic (exact) mass is 284 g/mol. The highest BCUT2D eigenvalue weighted by Gasteiger charge is 2.11. The highest BCUT2D eigenvalue weighted by atomic mass is 35.5. The number of aryl methyl sites for hydroxylation is 1. The minimum absolute atomic E-state index is 0.216. The van der Waals surface area contributed by atoms with Crippen molar-refractivity contribution in [2.45, 2.75) is 6.92 Å². The van der Waals surface area contributed by atoms with Crippen LogP contribution in [0.4, 0.5) is 0 Å². The zero-order valence-corrected chi connectivity index (χ0v) is 11.6. The van der Waals surface area contributed by atoms with Gasteiger partial charge in [-0.25, -0.2) is 0 Å². The molecule has 0 aliphatic carbocycles. The molecule has 0 aliphatic heterocycles. The fourth-order valence-corrected chi connectivity index (χ4v) is 2.37. The average Bonchev–Trinajstić information content (AvgIpc) is 2.91. The third-order valence-corrected chi connectivity index (χ3v) is 3.50. The van der Waals surface area contributed by atoms with E-state index < -0.39 is 0 Å². The van der Waals surface area contributed by atoms with E-state index in [2.05, 4.69) is 10.2 Å². The minimum atomic E-state index is 0.216. The molecule has 0 atom stereocenters. The maximum absolute atomic E-state index is 9.94. The number of phenolic OH excluding ortho intramolecular Hbond substituents is 1. The Balaban J connectivity index is 2.07. The first-order valence-electron chi connectivity index (χ1n) is 6.25. The van der Waals surface area contributed by atoms with Crippen molar-refractivity contribution in [2.24, 2.45) is 0 Å². The Bertz CT molecular complexity index is 765. The number of aromatic hydroxyl groups is 1. The van der Waals surface area contributed by atoms with E-state index >= 15 is 0 Å². The van der Waals surface area contributed by atoms with Crippen LogP contribution in [0, 0.1) is 6.92 Å². The first-order chi connectivity index (χ1) is 9.65. The molecule has 4 heteroatoms. The summed E-state index contributed by atoms with van der Waals surface area (Å²) in [5.74, 6) is 0.216. The van der Waals surface area contributed by atoms with Crippen LogP contribution >= 0.6 is 11.6 Å². The van der Waals surface area contributed by atoms with Gasteiger partial charge < -0.3 is 5.11 Å². The highest BCUT2D eigenvalue weighted by molar-refractivity contribution is 6.33. The van der Waals surface area contributed by atoms with Gasteiger partial charge in [0.1, 0.15) is 5.75 Å². The number of benzene rings is 2. The van der Waals surface area contributed by atoms with Crippen LogP contribution in [0.5, 0.6) is 5.75 Å². The summed E-state index contributed by atoms with van der Waals surface area (Å²) in [5, 5.41) is 17.8. The number of H-pyrrole nitrogens is 1. The molecule has 0 unspecified atom stereocenters. The molecule has 0 aliphatic rings. The molecule has 3 nitrogen and oxygen atoms in total. The molecule has 20 heavy (non-hydrogen) atoms. The molecule has 0 fully saturated rings. The van der Waals surface area contributed by atoms with Crippen LogP contribution < -0.4 is 0 Å². The molecule has 0 bridgehead atoms. The smallest absolute Gasteiger partial charge is 0.125 e. The number of phenols is 1. The summed E-state index contributed by atoms with van der Waals surface area (Å²) in [6.45, 7) is 1.98. The lowest BCUT2D eigenvalue weighted by molar-refractivity contribution is 0.477. The van der Waals surface area contributed by atoms with Crippen LogP contribution in [0.25, 0.3) is 22.5 Å². The number of nitrogens with one attached hydrogen (secondary N) is 1. The lowest BCUT2D eigenvalue weighted by Gasteiger charge is -2.02. The van der Waals surface area contributed by atoms with E-state index in [1.807, 2.05) is 49.4 Å².